The van der Waals surface area contributed by atoms with E-state index >= 15 is 0 Å². The van der Waals surface area contributed by atoms with Crippen LogP contribution in [0.2, 0.25) is 0 Å². The zero-order chi connectivity index (χ0) is 12.9. The second-order valence-corrected chi connectivity index (χ2v) is 4.78. The molecule has 94 valence electrons. The lowest BCUT2D eigenvalue weighted by Crippen LogP contribution is -2.27. The number of fused-ring (bicyclic) bond motifs is 1. The van der Waals surface area contributed by atoms with Gasteiger partial charge >= 0.3 is 0 Å². The van der Waals surface area contributed by atoms with Gasteiger partial charge in [-0.1, -0.05) is 0 Å². The van der Waals surface area contributed by atoms with Gasteiger partial charge in [-0.25, -0.2) is 4.98 Å². The Labute approximate surface area is 103 Å². The monoisotopic (exact) mass is 247 g/mol. The third-order valence-corrected chi connectivity index (χ3v) is 3.59. The number of aliphatic hydroxyl groups is 1. The SMILES string of the molecule is Cc1c(C2CC(O)C2)nc2ccc([N+](=O)[O-])cn12. The third kappa shape index (κ3) is 1.57. The molecule has 0 amide bonds. The van der Waals surface area contributed by atoms with Crippen LogP contribution in [0.3, 0.4) is 0 Å². The van der Waals surface area contributed by atoms with Crippen LogP contribution < -0.4 is 0 Å². The van der Waals surface area contributed by atoms with Crippen LogP contribution in [-0.2, 0) is 0 Å². The van der Waals surface area contributed by atoms with Crippen LogP contribution in [0.4, 0.5) is 5.69 Å². The van der Waals surface area contributed by atoms with E-state index in [4.69, 9.17) is 0 Å². The summed E-state index contributed by atoms with van der Waals surface area (Å²) in [7, 11) is 0. The van der Waals surface area contributed by atoms with Crippen LogP contribution in [-0.4, -0.2) is 25.5 Å². The Morgan fingerprint density at radius 3 is 2.83 bits per heavy atom. The quantitative estimate of drug-likeness (QED) is 0.648. The molecular weight excluding hydrogens is 234 g/mol. The molecule has 0 atom stereocenters. The van der Waals surface area contributed by atoms with Gasteiger partial charge in [0.05, 0.1) is 22.9 Å². The molecule has 18 heavy (non-hydrogen) atoms. The maximum Gasteiger partial charge on any atom is 0.286 e. The molecule has 0 spiro atoms. The van der Waals surface area contributed by atoms with Crippen molar-refractivity contribution in [2.45, 2.75) is 31.8 Å². The molecule has 1 aliphatic carbocycles. The van der Waals surface area contributed by atoms with Gasteiger partial charge in [0.15, 0.2) is 0 Å². The van der Waals surface area contributed by atoms with E-state index < -0.39 is 4.92 Å². The lowest BCUT2D eigenvalue weighted by molar-refractivity contribution is -0.385. The van der Waals surface area contributed by atoms with E-state index in [-0.39, 0.29) is 17.7 Å². The predicted molar refractivity (Wildman–Crippen MR) is 64.6 cm³/mol. The molecule has 0 radical (unpaired) electrons. The van der Waals surface area contributed by atoms with Crippen LogP contribution in [0.25, 0.3) is 5.65 Å². The number of nitro groups is 1. The van der Waals surface area contributed by atoms with Crippen molar-refractivity contribution < 1.29 is 10.0 Å². The number of aliphatic hydroxyl groups excluding tert-OH is 1. The number of aromatic nitrogens is 2. The minimum Gasteiger partial charge on any atom is -0.393 e. The summed E-state index contributed by atoms with van der Waals surface area (Å²) in [5.41, 5.74) is 2.64. The molecule has 1 fully saturated rings. The Bertz CT molecular complexity index is 629. The van der Waals surface area contributed by atoms with E-state index in [9.17, 15) is 15.2 Å². The molecule has 6 nitrogen and oxygen atoms in total. The van der Waals surface area contributed by atoms with Gasteiger partial charge in [-0.3, -0.25) is 14.5 Å². The fourth-order valence-electron chi connectivity index (χ4n) is 2.47. The van der Waals surface area contributed by atoms with Crippen molar-refractivity contribution in [3.05, 3.63) is 39.8 Å². The molecule has 1 aliphatic rings. The van der Waals surface area contributed by atoms with Crippen LogP contribution >= 0.6 is 0 Å². The summed E-state index contributed by atoms with van der Waals surface area (Å²) in [5, 5.41) is 20.1. The van der Waals surface area contributed by atoms with Crippen LogP contribution in [0, 0.1) is 17.0 Å². The van der Waals surface area contributed by atoms with E-state index in [0.29, 0.717) is 0 Å². The highest BCUT2D eigenvalue weighted by Crippen LogP contribution is 2.38. The van der Waals surface area contributed by atoms with Crippen molar-refractivity contribution in [2.24, 2.45) is 0 Å². The van der Waals surface area contributed by atoms with Gasteiger partial charge in [0.1, 0.15) is 5.65 Å². The van der Waals surface area contributed by atoms with Gasteiger partial charge < -0.3 is 5.11 Å². The molecule has 3 rings (SSSR count). The van der Waals surface area contributed by atoms with E-state index in [2.05, 4.69) is 4.98 Å². The Balaban J connectivity index is 2.08. The minimum absolute atomic E-state index is 0.0585. The fourth-order valence-corrected chi connectivity index (χ4v) is 2.47. The smallest absolute Gasteiger partial charge is 0.286 e. The zero-order valence-corrected chi connectivity index (χ0v) is 9.91. The average Bonchev–Trinajstić information content (AvgIpc) is 2.62. The average molecular weight is 247 g/mol. The number of pyridine rings is 1. The Morgan fingerprint density at radius 1 is 1.50 bits per heavy atom. The van der Waals surface area contributed by atoms with Gasteiger partial charge in [-0.05, 0) is 25.8 Å². The maximum absolute atomic E-state index is 10.7. The van der Waals surface area contributed by atoms with Gasteiger partial charge in [0.25, 0.3) is 5.69 Å². The summed E-state index contributed by atoms with van der Waals surface area (Å²) in [6.45, 7) is 1.91. The second kappa shape index (κ2) is 3.78. The number of rotatable bonds is 2. The lowest BCUT2D eigenvalue weighted by Gasteiger charge is -2.30. The highest BCUT2D eigenvalue weighted by Gasteiger charge is 2.32. The Morgan fingerprint density at radius 2 is 2.22 bits per heavy atom. The summed E-state index contributed by atoms with van der Waals surface area (Å²) in [5.74, 6) is 0.277. The predicted octanol–water partition coefficient (Wildman–Crippen LogP) is 1.79. The second-order valence-electron chi connectivity index (χ2n) is 4.78. The molecule has 0 bridgehead atoms. The lowest BCUT2D eigenvalue weighted by atomic mass is 9.79. The van der Waals surface area contributed by atoms with Gasteiger partial charge in [-0.15, -0.1) is 0 Å². The summed E-state index contributed by atoms with van der Waals surface area (Å²) < 4.78 is 1.75. The molecule has 0 saturated heterocycles. The van der Waals surface area contributed by atoms with Crippen molar-refractivity contribution in [2.75, 3.05) is 0 Å². The first-order valence-electron chi connectivity index (χ1n) is 5.87. The molecule has 1 N–H and O–H groups in total. The Kier molecular flexibility index (Phi) is 2.34. The maximum atomic E-state index is 10.7. The van der Waals surface area contributed by atoms with Gasteiger partial charge in [0, 0.05) is 17.7 Å². The molecule has 0 aromatic carbocycles. The molecule has 0 aliphatic heterocycles. The topological polar surface area (TPSA) is 80.7 Å². The van der Waals surface area contributed by atoms with Gasteiger partial charge in [0.2, 0.25) is 0 Å². The summed E-state index contributed by atoms with van der Waals surface area (Å²) >= 11 is 0. The molecular formula is C12H13N3O3. The van der Waals surface area contributed by atoms with E-state index in [0.717, 1.165) is 29.9 Å². The number of nitrogens with zero attached hydrogens (tertiary/aromatic N) is 3. The largest absolute Gasteiger partial charge is 0.393 e. The molecule has 1 saturated carbocycles. The van der Waals surface area contributed by atoms with E-state index in [1.807, 2.05) is 6.92 Å². The summed E-state index contributed by atoms with van der Waals surface area (Å²) in [6, 6.07) is 3.12. The van der Waals surface area contributed by atoms with E-state index in [1.165, 1.54) is 12.3 Å². The first kappa shape index (κ1) is 11.2. The third-order valence-electron chi connectivity index (χ3n) is 3.59. The van der Waals surface area contributed by atoms with Crippen molar-refractivity contribution >= 4 is 11.3 Å². The van der Waals surface area contributed by atoms with Crippen LogP contribution in [0.15, 0.2) is 18.3 Å². The first-order chi connectivity index (χ1) is 8.56. The summed E-state index contributed by atoms with van der Waals surface area (Å²) in [6.07, 6.45) is 2.73. The van der Waals surface area contributed by atoms with Crippen molar-refractivity contribution in [1.29, 1.82) is 0 Å². The van der Waals surface area contributed by atoms with Crippen LogP contribution in [0.5, 0.6) is 0 Å². The molecule has 2 heterocycles. The fraction of sp³-hybridized carbons (Fsp3) is 0.417. The molecule has 6 heteroatoms. The molecule has 2 aromatic rings. The number of hydrogen-bond acceptors (Lipinski definition) is 4. The van der Waals surface area contributed by atoms with Crippen molar-refractivity contribution in [3.63, 3.8) is 0 Å². The van der Waals surface area contributed by atoms with Crippen LogP contribution in [0.1, 0.15) is 30.1 Å². The van der Waals surface area contributed by atoms with Crippen molar-refractivity contribution in [3.8, 4) is 0 Å². The highest BCUT2D eigenvalue weighted by atomic mass is 16.6. The summed E-state index contributed by atoms with van der Waals surface area (Å²) in [4.78, 5) is 14.8. The number of aryl methyl sites for hydroxylation is 1. The standard InChI is InChI=1S/C12H13N3O3/c1-7-12(8-4-10(16)5-8)13-11-3-2-9(15(17)18)6-14(7)11/h2-3,6,8,10,16H,4-5H2,1H3. The van der Waals surface area contributed by atoms with Gasteiger partial charge in [-0.2, -0.15) is 0 Å². The zero-order valence-electron chi connectivity index (χ0n) is 9.91. The molecule has 2 aromatic heterocycles. The first-order valence-corrected chi connectivity index (χ1v) is 5.87. The minimum atomic E-state index is -0.411. The highest BCUT2D eigenvalue weighted by molar-refractivity contribution is 5.48. The van der Waals surface area contributed by atoms with Crippen molar-refractivity contribution in [1.82, 2.24) is 9.38 Å². The molecule has 0 unspecified atom stereocenters. The van der Waals surface area contributed by atoms with E-state index in [1.54, 1.807) is 10.5 Å². The Hall–Kier alpha value is -1.95. The number of hydrogen-bond donors (Lipinski definition) is 1. The normalized spacial score (nSPS) is 23.0. The number of imidazole rings is 1.